The number of aromatic nitrogens is 2. The predicted octanol–water partition coefficient (Wildman–Crippen LogP) is 3.76. The molecule has 132 valence electrons. The van der Waals surface area contributed by atoms with Crippen LogP contribution in [0, 0.1) is 0 Å². The van der Waals surface area contributed by atoms with Crippen molar-refractivity contribution in [3.63, 3.8) is 0 Å². The second-order valence-electron chi connectivity index (χ2n) is 6.21. The van der Waals surface area contributed by atoms with Crippen LogP contribution in [0.3, 0.4) is 0 Å². The second-order valence-corrected chi connectivity index (χ2v) is 7.24. The minimum atomic E-state index is -0.709. The van der Waals surface area contributed by atoms with Crippen molar-refractivity contribution in [2.45, 2.75) is 42.1 Å². The summed E-state index contributed by atoms with van der Waals surface area (Å²) in [6.45, 7) is 1.83. The van der Waals surface area contributed by atoms with Crippen LogP contribution in [-0.2, 0) is 11.3 Å². The van der Waals surface area contributed by atoms with Crippen LogP contribution in [0.4, 0.5) is 11.5 Å². The average molecular weight is 358 g/mol. The third kappa shape index (κ3) is 4.93. The summed E-state index contributed by atoms with van der Waals surface area (Å²) in [6, 6.07) is 6.44. The maximum Gasteiger partial charge on any atom is 0.303 e. The van der Waals surface area contributed by atoms with E-state index in [9.17, 15) is 4.79 Å². The molecule has 0 bridgehead atoms. The average Bonchev–Trinajstić information content (AvgIpc) is 2.59. The molecule has 0 atom stereocenters. The number of anilines is 2. The third-order valence-corrected chi connectivity index (χ3v) is 5.12. The van der Waals surface area contributed by atoms with Crippen molar-refractivity contribution in [3.05, 3.63) is 36.2 Å². The molecule has 0 aliphatic carbocycles. The van der Waals surface area contributed by atoms with Crippen LogP contribution in [0.15, 0.2) is 40.5 Å². The van der Waals surface area contributed by atoms with Gasteiger partial charge < -0.3 is 15.3 Å². The minimum absolute atomic E-state index is 0.266. The highest BCUT2D eigenvalue weighted by Crippen LogP contribution is 2.42. The van der Waals surface area contributed by atoms with Gasteiger partial charge in [-0.3, -0.25) is 4.79 Å². The molecule has 1 aromatic heterocycles. The van der Waals surface area contributed by atoms with Crippen LogP contribution in [-0.4, -0.2) is 39.5 Å². The minimum Gasteiger partial charge on any atom is -0.481 e. The molecule has 1 aromatic carbocycles. The molecular formula is C18H22N4O2S. The first-order chi connectivity index (χ1) is 12.1. The van der Waals surface area contributed by atoms with E-state index in [2.05, 4.69) is 45.4 Å². The van der Waals surface area contributed by atoms with Gasteiger partial charge in [0, 0.05) is 30.3 Å². The van der Waals surface area contributed by atoms with Gasteiger partial charge in [-0.1, -0.05) is 24.2 Å². The number of rotatable bonds is 8. The maximum absolute atomic E-state index is 10.5. The van der Waals surface area contributed by atoms with Crippen molar-refractivity contribution >= 4 is 29.2 Å². The van der Waals surface area contributed by atoms with Gasteiger partial charge in [-0.05, 0) is 44.1 Å². The highest BCUT2D eigenvalue weighted by Gasteiger charge is 2.17. The lowest BCUT2D eigenvalue weighted by Gasteiger charge is -2.21. The Morgan fingerprint density at radius 1 is 1.24 bits per heavy atom. The first-order valence-corrected chi connectivity index (χ1v) is 9.22. The molecule has 0 fully saturated rings. The number of carboxylic acid groups (broad SMARTS) is 1. The molecule has 2 N–H and O–H groups in total. The van der Waals surface area contributed by atoms with Crippen molar-refractivity contribution in [3.8, 4) is 0 Å². The van der Waals surface area contributed by atoms with Gasteiger partial charge in [0.05, 0.1) is 5.69 Å². The first kappa shape index (κ1) is 17.7. The SMILES string of the molecule is CN(CCCCCC(=O)O)Cc1ccc2c(c1)Nc1nccnc1S2. The summed E-state index contributed by atoms with van der Waals surface area (Å²) in [6.07, 6.45) is 6.39. The van der Waals surface area contributed by atoms with Crippen molar-refractivity contribution in [1.82, 2.24) is 14.9 Å². The topological polar surface area (TPSA) is 78.4 Å². The smallest absolute Gasteiger partial charge is 0.303 e. The summed E-state index contributed by atoms with van der Waals surface area (Å²) in [4.78, 5) is 22.6. The molecule has 6 nitrogen and oxygen atoms in total. The molecule has 3 rings (SSSR count). The van der Waals surface area contributed by atoms with E-state index in [4.69, 9.17) is 5.11 Å². The van der Waals surface area contributed by atoms with Crippen LogP contribution >= 0.6 is 11.8 Å². The lowest BCUT2D eigenvalue weighted by Crippen LogP contribution is -2.19. The third-order valence-electron chi connectivity index (χ3n) is 4.05. The lowest BCUT2D eigenvalue weighted by atomic mass is 10.1. The fourth-order valence-corrected chi connectivity index (χ4v) is 3.68. The van der Waals surface area contributed by atoms with E-state index in [1.54, 1.807) is 24.2 Å². The molecule has 0 saturated carbocycles. The fraction of sp³-hybridized carbons (Fsp3) is 0.389. The van der Waals surface area contributed by atoms with E-state index in [-0.39, 0.29) is 6.42 Å². The Morgan fingerprint density at radius 2 is 2.08 bits per heavy atom. The Kier molecular flexibility index (Phi) is 5.88. The summed E-state index contributed by atoms with van der Waals surface area (Å²) in [7, 11) is 2.10. The number of nitrogens with one attached hydrogen (secondary N) is 1. The van der Waals surface area contributed by atoms with E-state index in [0.29, 0.717) is 0 Å². The molecule has 2 aromatic rings. The monoisotopic (exact) mass is 358 g/mol. The Balaban J connectivity index is 1.52. The molecular weight excluding hydrogens is 336 g/mol. The Hall–Kier alpha value is -2.12. The molecule has 0 saturated heterocycles. The van der Waals surface area contributed by atoms with Crippen LogP contribution in [0.25, 0.3) is 0 Å². The largest absolute Gasteiger partial charge is 0.481 e. The predicted molar refractivity (Wildman–Crippen MR) is 98.3 cm³/mol. The summed E-state index contributed by atoms with van der Waals surface area (Å²) in [5, 5.41) is 12.9. The molecule has 0 unspecified atom stereocenters. The highest BCUT2D eigenvalue weighted by molar-refractivity contribution is 7.99. The number of benzene rings is 1. The number of aliphatic carboxylic acids is 1. The summed E-state index contributed by atoms with van der Waals surface area (Å²) < 4.78 is 0. The number of nitrogens with zero attached hydrogens (tertiary/aromatic N) is 3. The number of carbonyl (C=O) groups is 1. The maximum atomic E-state index is 10.5. The molecule has 7 heteroatoms. The van der Waals surface area contributed by atoms with Crippen molar-refractivity contribution < 1.29 is 9.90 Å². The standard InChI is InChI=1S/C18H22N4O2S/c1-22(10-4-2-3-5-16(23)24)12-13-6-7-15-14(11-13)21-17-18(25-15)20-9-8-19-17/h6-9,11H,2-5,10,12H2,1H3,(H,19,21)(H,23,24). The number of hydrogen-bond donors (Lipinski definition) is 2. The van der Waals surface area contributed by atoms with Gasteiger partial charge in [0.25, 0.3) is 0 Å². The van der Waals surface area contributed by atoms with Crippen LogP contribution < -0.4 is 5.32 Å². The van der Waals surface area contributed by atoms with Gasteiger partial charge >= 0.3 is 5.97 Å². The Morgan fingerprint density at radius 3 is 2.92 bits per heavy atom. The number of carboxylic acids is 1. The van der Waals surface area contributed by atoms with Crippen LogP contribution in [0.2, 0.25) is 0 Å². The summed E-state index contributed by atoms with van der Waals surface area (Å²) >= 11 is 1.63. The van der Waals surface area contributed by atoms with Gasteiger partial charge in [-0.15, -0.1) is 0 Å². The molecule has 0 radical (unpaired) electrons. The van der Waals surface area contributed by atoms with E-state index in [1.807, 2.05) is 0 Å². The second kappa shape index (κ2) is 8.31. The van der Waals surface area contributed by atoms with Gasteiger partial charge in [0.1, 0.15) is 5.03 Å². The van der Waals surface area contributed by atoms with E-state index >= 15 is 0 Å². The molecule has 0 spiro atoms. The molecule has 1 aliphatic rings. The Labute approximate surface area is 151 Å². The molecule has 25 heavy (non-hydrogen) atoms. The summed E-state index contributed by atoms with van der Waals surface area (Å²) in [5.41, 5.74) is 2.32. The van der Waals surface area contributed by atoms with Gasteiger partial charge in [-0.25, -0.2) is 9.97 Å². The van der Waals surface area contributed by atoms with Gasteiger partial charge in [0.2, 0.25) is 0 Å². The first-order valence-electron chi connectivity index (χ1n) is 8.41. The highest BCUT2D eigenvalue weighted by atomic mass is 32.2. The quantitative estimate of drug-likeness (QED) is 0.594. The van der Waals surface area contributed by atoms with Crippen molar-refractivity contribution in [2.75, 3.05) is 18.9 Å². The number of hydrogen-bond acceptors (Lipinski definition) is 6. The fourth-order valence-electron chi connectivity index (χ4n) is 2.81. The van der Waals surface area contributed by atoms with E-state index in [1.165, 1.54) is 5.56 Å². The normalized spacial score (nSPS) is 12.4. The van der Waals surface area contributed by atoms with Crippen LogP contribution in [0.5, 0.6) is 0 Å². The number of unbranched alkanes of at least 4 members (excludes halogenated alkanes) is 2. The van der Waals surface area contributed by atoms with E-state index < -0.39 is 5.97 Å². The van der Waals surface area contributed by atoms with Gasteiger partial charge in [0.15, 0.2) is 5.82 Å². The zero-order valence-electron chi connectivity index (χ0n) is 14.2. The Bertz CT molecular complexity index is 754. The number of fused-ring (bicyclic) bond motifs is 2. The van der Waals surface area contributed by atoms with Crippen molar-refractivity contribution in [2.24, 2.45) is 0 Å². The molecule has 2 heterocycles. The summed E-state index contributed by atoms with van der Waals surface area (Å²) in [5.74, 6) is 0.1000. The molecule has 0 amide bonds. The lowest BCUT2D eigenvalue weighted by molar-refractivity contribution is -0.137. The van der Waals surface area contributed by atoms with Gasteiger partial charge in [-0.2, -0.15) is 0 Å². The van der Waals surface area contributed by atoms with Crippen LogP contribution in [0.1, 0.15) is 31.2 Å². The van der Waals surface area contributed by atoms with E-state index in [0.717, 1.165) is 53.8 Å². The van der Waals surface area contributed by atoms with Crippen molar-refractivity contribution in [1.29, 1.82) is 0 Å². The zero-order valence-corrected chi connectivity index (χ0v) is 15.1. The zero-order chi connectivity index (χ0) is 17.6. The molecule has 1 aliphatic heterocycles.